The molecule has 0 bridgehead atoms. The summed E-state index contributed by atoms with van der Waals surface area (Å²) >= 11 is 3.50. The molecule has 0 aromatic heterocycles. The number of hydrogen-bond donors (Lipinski definition) is 1. The molecule has 0 amide bonds. The fourth-order valence-electron chi connectivity index (χ4n) is 2.25. The van der Waals surface area contributed by atoms with Crippen molar-refractivity contribution in [2.24, 2.45) is 5.73 Å². The van der Waals surface area contributed by atoms with E-state index in [1.165, 1.54) is 22.0 Å². The maximum absolute atomic E-state index is 5.75. The summed E-state index contributed by atoms with van der Waals surface area (Å²) in [5, 5.41) is 0. The predicted molar refractivity (Wildman–Crippen MR) is 59.0 cm³/mol. The van der Waals surface area contributed by atoms with Crippen molar-refractivity contribution < 1.29 is 0 Å². The van der Waals surface area contributed by atoms with Crippen LogP contribution in [0.1, 0.15) is 36.3 Å². The zero-order valence-electron chi connectivity index (χ0n) is 7.76. The van der Waals surface area contributed by atoms with Gasteiger partial charge in [0.05, 0.1) is 0 Å². The van der Waals surface area contributed by atoms with Gasteiger partial charge in [-0.2, -0.15) is 0 Å². The van der Waals surface area contributed by atoms with E-state index in [-0.39, 0.29) is 0 Å². The second-order valence-electron chi connectivity index (χ2n) is 3.84. The molecule has 13 heavy (non-hydrogen) atoms. The van der Waals surface area contributed by atoms with Gasteiger partial charge in [0.25, 0.3) is 0 Å². The molecule has 0 saturated carbocycles. The molecule has 0 saturated heterocycles. The van der Waals surface area contributed by atoms with Crippen LogP contribution in [0.4, 0.5) is 0 Å². The molecule has 2 rings (SSSR count). The third-order valence-corrected chi connectivity index (χ3v) is 3.44. The number of fused-ring (bicyclic) bond motifs is 1. The zero-order chi connectivity index (χ0) is 9.42. The van der Waals surface area contributed by atoms with Crippen molar-refractivity contribution in [2.45, 2.75) is 25.2 Å². The van der Waals surface area contributed by atoms with Gasteiger partial charge in [-0.25, -0.2) is 0 Å². The van der Waals surface area contributed by atoms with E-state index in [0.29, 0.717) is 11.8 Å². The lowest BCUT2D eigenvalue weighted by atomic mass is 10.0. The largest absolute Gasteiger partial charge is 0.330 e. The van der Waals surface area contributed by atoms with Gasteiger partial charge < -0.3 is 5.73 Å². The number of nitrogens with two attached hydrogens (primary N) is 1. The minimum absolute atomic E-state index is 0.572. The SMILES string of the molecule is CC1CC(CN)c2cc(Br)ccc21. The first-order valence-corrected chi connectivity index (χ1v) is 5.51. The van der Waals surface area contributed by atoms with Gasteiger partial charge in [0.2, 0.25) is 0 Å². The van der Waals surface area contributed by atoms with Gasteiger partial charge >= 0.3 is 0 Å². The van der Waals surface area contributed by atoms with Crippen LogP contribution in [0.5, 0.6) is 0 Å². The summed E-state index contributed by atoms with van der Waals surface area (Å²) in [5.74, 6) is 1.25. The van der Waals surface area contributed by atoms with Crippen LogP contribution in [0.3, 0.4) is 0 Å². The average molecular weight is 240 g/mol. The molecule has 2 N–H and O–H groups in total. The smallest absolute Gasteiger partial charge is 0.0178 e. The lowest BCUT2D eigenvalue weighted by Gasteiger charge is -2.07. The Morgan fingerprint density at radius 3 is 2.92 bits per heavy atom. The minimum Gasteiger partial charge on any atom is -0.330 e. The molecule has 1 aromatic carbocycles. The van der Waals surface area contributed by atoms with E-state index in [0.717, 1.165) is 6.54 Å². The molecule has 1 nitrogen and oxygen atoms in total. The molecule has 0 aliphatic heterocycles. The van der Waals surface area contributed by atoms with Gasteiger partial charge in [-0.05, 0) is 48.1 Å². The summed E-state index contributed by atoms with van der Waals surface area (Å²) < 4.78 is 1.17. The molecule has 70 valence electrons. The molecule has 2 unspecified atom stereocenters. The molecule has 2 heteroatoms. The summed E-state index contributed by atoms with van der Waals surface area (Å²) in [6, 6.07) is 6.56. The van der Waals surface area contributed by atoms with E-state index in [4.69, 9.17) is 5.73 Å². The highest BCUT2D eigenvalue weighted by Crippen LogP contribution is 2.41. The molecule has 0 fully saturated rings. The Hall–Kier alpha value is -0.340. The third kappa shape index (κ3) is 1.53. The third-order valence-electron chi connectivity index (χ3n) is 2.94. The van der Waals surface area contributed by atoms with E-state index in [9.17, 15) is 0 Å². The summed E-state index contributed by atoms with van der Waals surface area (Å²) in [4.78, 5) is 0. The summed E-state index contributed by atoms with van der Waals surface area (Å²) in [6.07, 6.45) is 1.21. The fourth-order valence-corrected chi connectivity index (χ4v) is 2.63. The van der Waals surface area contributed by atoms with Crippen molar-refractivity contribution >= 4 is 15.9 Å². The number of halogens is 1. The second kappa shape index (κ2) is 3.43. The predicted octanol–water partition coefficient (Wildman–Crippen LogP) is 3.00. The minimum atomic E-state index is 0.572. The van der Waals surface area contributed by atoms with Crippen molar-refractivity contribution in [3.8, 4) is 0 Å². The number of hydrogen-bond acceptors (Lipinski definition) is 1. The maximum atomic E-state index is 5.75. The van der Waals surface area contributed by atoms with Crippen LogP contribution < -0.4 is 5.73 Å². The quantitative estimate of drug-likeness (QED) is 0.802. The van der Waals surface area contributed by atoms with E-state index >= 15 is 0 Å². The van der Waals surface area contributed by atoms with Crippen LogP contribution in [0.25, 0.3) is 0 Å². The molecule has 1 aliphatic rings. The van der Waals surface area contributed by atoms with E-state index in [2.05, 4.69) is 41.1 Å². The van der Waals surface area contributed by atoms with Crippen LogP contribution in [0, 0.1) is 0 Å². The lowest BCUT2D eigenvalue weighted by molar-refractivity contribution is 0.626. The molecule has 0 radical (unpaired) electrons. The van der Waals surface area contributed by atoms with Crippen molar-refractivity contribution in [3.05, 3.63) is 33.8 Å². The Labute approximate surface area is 87.5 Å². The van der Waals surface area contributed by atoms with Crippen LogP contribution in [0.2, 0.25) is 0 Å². The van der Waals surface area contributed by atoms with Crippen molar-refractivity contribution in [1.82, 2.24) is 0 Å². The Balaban J connectivity index is 2.46. The number of benzene rings is 1. The van der Waals surface area contributed by atoms with E-state index in [1.54, 1.807) is 0 Å². The monoisotopic (exact) mass is 239 g/mol. The Bertz CT molecular complexity index is 322. The summed E-state index contributed by atoms with van der Waals surface area (Å²) in [6.45, 7) is 3.05. The molecule has 0 heterocycles. The van der Waals surface area contributed by atoms with Crippen LogP contribution in [0.15, 0.2) is 22.7 Å². The summed E-state index contributed by atoms with van der Waals surface area (Å²) in [5.41, 5.74) is 8.68. The van der Waals surface area contributed by atoms with Crippen molar-refractivity contribution in [1.29, 1.82) is 0 Å². The molecule has 1 aromatic rings. The highest BCUT2D eigenvalue weighted by Gasteiger charge is 2.26. The van der Waals surface area contributed by atoms with Gasteiger partial charge in [0.15, 0.2) is 0 Å². The Morgan fingerprint density at radius 2 is 2.23 bits per heavy atom. The fraction of sp³-hybridized carbons (Fsp3) is 0.455. The van der Waals surface area contributed by atoms with Crippen molar-refractivity contribution in [2.75, 3.05) is 6.54 Å². The molecular weight excluding hydrogens is 226 g/mol. The van der Waals surface area contributed by atoms with Gasteiger partial charge in [0, 0.05) is 4.47 Å². The Morgan fingerprint density at radius 1 is 1.46 bits per heavy atom. The van der Waals surface area contributed by atoms with E-state index in [1.807, 2.05) is 0 Å². The zero-order valence-corrected chi connectivity index (χ0v) is 9.34. The highest BCUT2D eigenvalue weighted by atomic mass is 79.9. The topological polar surface area (TPSA) is 26.0 Å². The molecule has 1 aliphatic carbocycles. The van der Waals surface area contributed by atoms with Crippen LogP contribution in [-0.2, 0) is 0 Å². The first kappa shape index (κ1) is 9.22. The number of rotatable bonds is 1. The van der Waals surface area contributed by atoms with Gasteiger partial charge in [0.1, 0.15) is 0 Å². The first-order chi connectivity index (χ1) is 6.22. The first-order valence-electron chi connectivity index (χ1n) is 4.71. The average Bonchev–Trinajstić information content (AvgIpc) is 2.42. The maximum Gasteiger partial charge on any atom is 0.0178 e. The standard InChI is InChI=1S/C11H14BrN/c1-7-4-8(6-13)11-5-9(12)2-3-10(7)11/h2-3,5,7-8H,4,6,13H2,1H3. The Kier molecular flexibility index (Phi) is 2.43. The lowest BCUT2D eigenvalue weighted by Crippen LogP contribution is -2.09. The van der Waals surface area contributed by atoms with Crippen LogP contribution >= 0.6 is 15.9 Å². The molecule has 0 spiro atoms. The van der Waals surface area contributed by atoms with E-state index < -0.39 is 0 Å². The summed E-state index contributed by atoms with van der Waals surface area (Å²) in [7, 11) is 0. The molecular formula is C11H14BrN. The molecule has 2 atom stereocenters. The highest BCUT2D eigenvalue weighted by molar-refractivity contribution is 9.10. The van der Waals surface area contributed by atoms with Crippen LogP contribution in [-0.4, -0.2) is 6.54 Å². The van der Waals surface area contributed by atoms with Gasteiger partial charge in [-0.1, -0.05) is 28.9 Å². The van der Waals surface area contributed by atoms with Gasteiger partial charge in [-0.3, -0.25) is 0 Å². The normalized spacial score (nSPS) is 26.1. The van der Waals surface area contributed by atoms with Gasteiger partial charge in [-0.15, -0.1) is 0 Å². The second-order valence-corrected chi connectivity index (χ2v) is 4.76. The van der Waals surface area contributed by atoms with Crippen molar-refractivity contribution in [3.63, 3.8) is 0 Å².